The first kappa shape index (κ1) is 12.6. The van der Waals surface area contributed by atoms with Gasteiger partial charge < -0.3 is 9.52 Å². The van der Waals surface area contributed by atoms with Gasteiger partial charge in [-0.05, 0) is 11.6 Å². The van der Waals surface area contributed by atoms with E-state index < -0.39 is 11.8 Å². The summed E-state index contributed by atoms with van der Waals surface area (Å²) >= 11 is 1.16. The van der Waals surface area contributed by atoms with Crippen molar-refractivity contribution in [1.82, 2.24) is 10.2 Å². The monoisotopic (exact) mass is 268 g/mol. The van der Waals surface area contributed by atoms with Crippen LogP contribution < -0.4 is 0 Å². The van der Waals surface area contributed by atoms with E-state index in [1.165, 1.54) is 18.2 Å². The summed E-state index contributed by atoms with van der Waals surface area (Å²) < 4.78 is 18.9. The van der Waals surface area contributed by atoms with E-state index in [9.17, 15) is 9.18 Å². The Morgan fingerprint density at radius 2 is 2.28 bits per heavy atom. The quantitative estimate of drug-likeness (QED) is 0.858. The van der Waals surface area contributed by atoms with Gasteiger partial charge in [0, 0.05) is 12.7 Å². The highest BCUT2D eigenvalue weighted by atomic mass is 32.2. The molecule has 0 saturated heterocycles. The average Bonchev–Trinajstić information content (AvgIpc) is 2.73. The molecule has 5 nitrogen and oxygen atoms in total. The number of aromatic nitrogens is 2. The Kier molecular flexibility index (Phi) is 3.61. The van der Waals surface area contributed by atoms with Gasteiger partial charge in [0.25, 0.3) is 5.22 Å². The molecule has 0 amide bonds. The lowest BCUT2D eigenvalue weighted by Crippen LogP contribution is -2.02. The van der Waals surface area contributed by atoms with Gasteiger partial charge in [0.15, 0.2) is 0 Å². The number of carboxylic acids is 1. The van der Waals surface area contributed by atoms with E-state index in [4.69, 9.17) is 9.52 Å². The minimum Gasteiger partial charge on any atom is -0.478 e. The highest BCUT2D eigenvalue weighted by molar-refractivity contribution is 7.98. The summed E-state index contributed by atoms with van der Waals surface area (Å²) in [5, 5.41) is 16.5. The molecule has 1 N–H and O–H groups in total. The Morgan fingerprint density at radius 3 is 2.89 bits per heavy atom. The molecule has 0 atom stereocenters. The lowest BCUT2D eigenvalue weighted by atomic mass is 10.1. The molecule has 0 unspecified atom stereocenters. The molecular formula is C11H9FN2O3S. The van der Waals surface area contributed by atoms with E-state index in [1.807, 2.05) is 0 Å². The van der Waals surface area contributed by atoms with E-state index in [2.05, 4.69) is 10.2 Å². The normalized spacial score (nSPS) is 10.6. The first-order valence-corrected chi connectivity index (χ1v) is 6.00. The van der Waals surface area contributed by atoms with Crippen molar-refractivity contribution in [2.24, 2.45) is 0 Å². The van der Waals surface area contributed by atoms with E-state index in [0.29, 0.717) is 11.1 Å². The lowest BCUT2D eigenvalue weighted by Gasteiger charge is -2.03. The lowest BCUT2D eigenvalue weighted by molar-refractivity contribution is 0.0691. The van der Waals surface area contributed by atoms with Crippen molar-refractivity contribution in [3.05, 3.63) is 41.0 Å². The summed E-state index contributed by atoms with van der Waals surface area (Å²) in [7, 11) is 0. The summed E-state index contributed by atoms with van der Waals surface area (Å²) in [6.07, 6.45) is 0. The van der Waals surface area contributed by atoms with Crippen molar-refractivity contribution in [1.29, 1.82) is 0 Å². The Morgan fingerprint density at radius 1 is 1.50 bits per heavy atom. The molecule has 18 heavy (non-hydrogen) atoms. The van der Waals surface area contributed by atoms with Crippen LogP contribution in [0.15, 0.2) is 27.8 Å². The number of aromatic carboxylic acids is 1. The molecule has 0 aliphatic heterocycles. The van der Waals surface area contributed by atoms with Gasteiger partial charge in [-0.25, -0.2) is 9.18 Å². The maximum absolute atomic E-state index is 13.8. The molecule has 0 radical (unpaired) electrons. The number of carboxylic acid groups (broad SMARTS) is 1. The average molecular weight is 268 g/mol. The summed E-state index contributed by atoms with van der Waals surface area (Å²) in [5.74, 6) is -1.35. The maximum Gasteiger partial charge on any atom is 0.338 e. The van der Waals surface area contributed by atoms with Crippen LogP contribution in [0.4, 0.5) is 4.39 Å². The first-order valence-electron chi connectivity index (χ1n) is 5.01. The van der Waals surface area contributed by atoms with Gasteiger partial charge >= 0.3 is 5.97 Å². The van der Waals surface area contributed by atoms with Crippen LogP contribution in [0.2, 0.25) is 0 Å². The van der Waals surface area contributed by atoms with Crippen LogP contribution in [0.5, 0.6) is 0 Å². The highest BCUT2D eigenvalue weighted by Crippen LogP contribution is 2.24. The van der Waals surface area contributed by atoms with Gasteiger partial charge in [0.1, 0.15) is 5.82 Å². The molecular weight excluding hydrogens is 259 g/mol. The summed E-state index contributed by atoms with van der Waals surface area (Å²) in [6.45, 7) is 1.66. The number of hydrogen-bond acceptors (Lipinski definition) is 5. The zero-order chi connectivity index (χ0) is 13.1. The van der Waals surface area contributed by atoms with Gasteiger partial charge in [-0.3, -0.25) is 0 Å². The molecule has 1 heterocycles. The minimum atomic E-state index is -1.28. The molecule has 1 aromatic carbocycles. The van der Waals surface area contributed by atoms with E-state index in [-0.39, 0.29) is 16.9 Å². The predicted octanol–water partition coefficient (Wildman–Crippen LogP) is 2.51. The van der Waals surface area contributed by atoms with Crippen molar-refractivity contribution >= 4 is 17.7 Å². The summed E-state index contributed by atoms with van der Waals surface area (Å²) in [5.41, 5.74) is -0.0504. The van der Waals surface area contributed by atoms with Crippen molar-refractivity contribution in [2.75, 3.05) is 0 Å². The first-order chi connectivity index (χ1) is 8.58. The fraction of sp³-hybridized carbons (Fsp3) is 0.182. The predicted molar refractivity (Wildman–Crippen MR) is 62.0 cm³/mol. The third-order valence-electron chi connectivity index (χ3n) is 2.17. The smallest absolute Gasteiger partial charge is 0.338 e. The topological polar surface area (TPSA) is 76.2 Å². The van der Waals surface area contributed by atoms with Crippen molar-refractivity contribution in [2.45, 2.75) is 17.9 Å². The standard InChI is InChI=1S/C11H9FN2O3S/c1-6-13-14-11(17-6)18-5-7-3-2-4-8(9(7)12)10(15)16/h2-4H,5H2,1H3,(H,15,16). The van der Waals surface area contributed by atoms with E-state index >= 15 is 0 Å². The number of carbonyl (C=O) groups is 1. The molecule has 94 valence electrons. The number of rotatable bonds is 4. The van der Waals surface area contributed by atoms with Gasteiger partial charge in [0.2, 0.25) is 5.89 Å². The number of halogens is 1. The second-order valence-electron chi connectivity index (χ2n) is 3.46. The molecule has 0 fully saturated rings. The molecule has 1 aromatic heterocycles. The zero-order valence-electron chi connectivity index (χ0n) is 9.38. The number of benzene rings is 1. The minimum absolute atomic E-state index is 0.231. The van der Waals surface area contributed by atoms with Crippen molar-refractivity contribution < 1.29 is 18.7 Å². The Bertz CT molecular complexity index is 585. The van der Waals surface area contributed by atoms with Gasteiger partial charge in [0.05, 0.1) is 5.56 Å². The van der Waals surface area contributed by atoms with Crippen LogP contribution >= 0.6 is 11.8 Å². The van der Waals surface area contributed by atoms with Crippen LogP contribution in [0.1, 0.15) is 21.8 Å². The molecule has 2 rings (SSSR count). The molecule has 7 heteroatoms. The van der Waals surface area contributed by atoms with Crippen LogP contribution in [0, 0.1) is 12.7 Å². The fourth-order valence-electron chi connectivity index (χ4n) is 1.33. The van der Waals surface area contributed by atoms with E-state index in [0.717, 1.165) is 11.8 Å². The molecule has 0 saturated carbocycles. The molecule has 0 aliphatic carbocycles. The van der Waals surface area contributed by atoms with Crippen LogP contribution in [0.3, 0.4) is 0 Å². The Balaban J connectivity index is 2.14. The third-order valence-corrected chi connectivity index (χ3v) is 3.04. The maximum atomic E-state index is 13.8. The van der Waals surface area contributed by atoms with Crippen molar-refractivity contribution in [3.8, 4) is 0 Å². The molecule has 0 bridgehead atoms. The van der Waals surface area contributed by atoms with Gasteiger partial charge in [-0.15, -0.1) is 10.2 Å². The molecule has 0 spiro atoms. The second kappa shape index (κ2) is 5.18. The SMILES string of the molecule is Cc1nnc(SCc2cccc(C(=O)O)c2F)o1. The Labute approximate surface area is 106 Å². The number of nitrogens with zero attached hydrogens (tertiary/aromatic N) is 2. The Hall–Kier alpha value is -1.89. The molecule has 0 aliphatic rings. The highest BCUT2D eigenvalue weighted by Gasteiger charge is 2.14. The number of thioether (sulfide) groups is 1. The van der Waals surface area contributed by atoms with Crippen LogP contribution in [-0.4, -0.2) is 21.3 Å². The second-order valence-corrected chi connectivity index (χ2v) is 4.39. The third kappa shape index (κ3) is 2.67. The van der Waals surface area contributed by atoms with Gasteiger partial charge in [-0.1, -0.05) is 23.9 Å². The van der Waals surface area contributed by atoms with E-state index in [1.54, 1.807) is 6.92 Å². The summed E-state index contributed by atoms with van der Waals surface area (Å²) in [4.78, 5) is 10.8. The number of hydrogen-bond donors (Lipinski definition) is 1. The van der Waals surface area contributed by atoms with Crippen LogP contribution in [0.25, 0.3) is 0 Å². The van der Waals surface area contributed by atoms with Crippen LogP contribution in [-0.2, 0) is 5.75 Å². The summed E-state index contributed by atoms with van der Waals surface area (Å²) in [6, 6.07) is 4.25. The number of aryl methyl sites for hydroxylation is 1. The van der Waals surface area contributed by atoms with Gasteiger partial charge in [-0.2, -0.15) is 0 Å². The fourth-order valence-corrected chi connectivity index (χ4v) is 2.11. The molecule has 2 aromatic rings. The zero-order valence-corrected chi connectivity index (χ0v) is 10.2. The largest absolute Gasteiger partial charge is 0.478 e. The van der Waals surface area contributed by atoms with Crippen molar-refractivity contribution in [3.63, 3.8) is 0 Å².